The number of unbranched alkanes of at least 4 members (excludes halogenated alkanes) is 11. The molecule has 0 radical (unpaired) electrons. The van der Waals surface area contributed by atoms with Crippen LogP contribution in [0, 0.1) is 0 Å². The zero-order valence-corrected chi connectivity index (χ0v) is 21.1. The molecule has 4 heteroatoms. The average Bonchev–Trinajstić information content (AvgIpc) is 2.81. The lowest BCUT2D eigenvalue weighted by Crippen LogP contribution is -1.95. The summed E-state index contributed by atoms with van der Waals surface area (Å²) in [6, 6.07) is 13.6. The molecule has 0 saturated heterocycles. The highest BCUT2D eigenvalue weighted by Gasteiger charge is 2.01. The minimum atomic E-state index is 0.462. The van der Waals surface area contributed by atoms with E-state index in [0.717, 1.165) is 23.4 Å². The Bertz CT molecular complexity index is 774. The van der Waals surface area contributed by atoms with E-state index in [1.807, 2.05) is 42.6 Å². The van der Waals surface area contributed by atoms with Crippen LogP contribution in [0.2, 0.25) is 10.0 Å². The topological polar surface area (TPSA) is 21.6 Å². The summed E-state index contributed by atoms with van der Waals surface area (Å²) in [6.07, 6.45) is 18.4. The molecule has 2 aromatic rings. The van der Waals surface area contributed by atoms with E-state index in [1.54, 1.807) is 6.07 Å². The molecule has 0 aliphatic rings. The van der Waals surface area contributed by atoms with Crippen molar-refractivity contribution in [2.75, 3.05) is 6.54 Å². The Morgan fingerprint density at radius 2 is 1.31 bits per heavy atom. The Labute approximate surface area is 205 Å². The van der Waals surface area contributed by atoms with Crippen LogP contribution in [0.1, 0.15) is 95.1 Å². The van der Waals surface area contributed by atoms with Gasteiger partial charge in [0, 0.05) is 12.8 Å². The highest BCUT2D eigenvalue weighted by Crippen LogP contribution is 2.23. The zero-order valence-electron chi connectivity index (χ0n) is 19.6. The molecular formula is C28H39Cl2NO. The molecule has 0 amide bonds. The fourth-order valence-electron chi connectivity index (χ4n) is 3.66. The van der Waals surface area contributed by atoms with Gasteiger partial charge in [-0.25, -0.2) is 0 Å². The van der Waals surface area contributed by atoms with Crippen LogP contribution in [-0.4, -0.2) is 12.8 Å². The second-order valence-corrected chi connectivity index (χ2v) is 9.34. The van der Waals surface area contributed by atoms with E-state index in [9.17, 15) is 0 Å². The van der Waals surface area contributed by atoms with Gasteiger partial charge < -0.3 is 4.74 Å². The van der Waals surface area contributed by atoms with Gasteiger partial charge >= 0.3 is 0 Å². The van der Waals surface area contributed by atoms with Crippen molar-refractivity contribution in [3.05, 3.63) is 63.6 Å². The van der Waals surface area contributed by atoms with Gasteiger partial charge in [0.1, 0.15) is 12.4 Å². The number of ether oxygens (including phenoxy) is 1. The van der Waals surface area contributed by atoms with Gasteiger partial charge in [-0.3, -0.25) is 4.99 Å². The fourth-order valence-corrected chi connectivity index (χ4v) is 3.98. The molecule has 2 nitrogen and oxygen atoms in total. The largest absolute Gasteiger partial charge is 0.489 e. The summed E-state index contributed by atoms with van der Waals surface area (Å²) in [7, 11) is 0. The van der Waals surface area contributed by atoms with Gasteiger partial charge in [0.15, 0.2) is 0 Å². The molecule has 0 bridgehead atoms. The van der Waals surface area contributed by atoms with E-state index in [1.165, 1.54) is 77.0 Å². The van der Waals surface area contributed by atoms with Crippen molar-refractivity contribution in [3.63, 3.8) is 0 Å². The maximum Gasteiger partial charge on any atom is 0.119 e. The van der Waals surface area contributed by atoms with Crippen molar-refractivity contribution >= 4 is 29.4 Å². The third-order valence-electron chi connectivity index (χ3n) is 5.65. The van der Waals surface area contributed by atoms with Crippen LogP contribution < -0.4 is 4.74 Å². The van der Waals surface area contributed by atoms with E-state index < -0.39 is 0 Å². The van der Waals surface area contributed by atoms with E-state index >= 15 is 0 Å². The molecule has 0 aliphatic carbocycles. The Morgan fingerprint density at radius 1 is 0.719 bits per heavy atom. The SMILES string of the molecule is CCCCCCCCCCCCCC/N=C/c1ccc(OCc2ccc(Cl)c(Cl)c2)cc1. The molecule has 0 N–H and O–H groups in total. The molecule has 0 unspecified atom stereocenters. The van der Waals surface area contributed by atoms with Crippen molar-refractivity contribution in [1.82, 2.24) is 0 Å². The summed E-state index contributed by atoms with van der Waals surface area (Å²) in [5.74, 6) is 0.828. The number of nitrogens with zero attached hydrogens (tertiary/aromatic N) is 1. The number of hydrogen-bond donors (Lipinski definition) is 0. The maximum atomic E-state index is 6.05. The maximum absolute atomic E-state index is 6.05. The highest BCUT2D eigenvalue weighted by molar-refractivity contribution is 6.42. The van der Waals surface area contributed by atoms with Gasteiger partial charge in [0.25, 0.3) is 0 Å². The van der Waals surface area contributed by atoms with Crippen molar-refractivity contribution < 1.29 is 4.74 Å². The fraction of sp³-hybridized carbons (Fsp3) is 0.536. The van der Waals surface area contributed by atoms with Crippen LogP contribution in [-0.2, 0) is 6.61 Å². The summed E-state index contributed by atoms with van der Waals surface area (Å²) in [4.78, 5) is 4.57. The average molecular weight is 477 g/mol. The molecule has 0 fully saturated rings. The lowest BCUT2D eigenvalue weighted by atomic mass is 10.1. The van der Waals surface area contributed by atoms with Crippen molar-refractivity contribution in [1.29, 1.82) is 0 Å². The quantitative estimate of drug-likeness (QED) is 0.164. The van der Waals surface area contributed by atoms with Crippen molar-refractivity contribution in [3.8, 4) is 5.75 Å². The third kappa shape index (κ3) is 11.9. The van der Waals surface area contributed by atoms with E-state index in [2.05, 4.69) is 11.9 Å². The zero-order chi connectivity index (χ0) is 22.9. The highest BCUT2D eigenvalue weighted by atomic mass is 35.5. The monoisotopic (exact) mass is 475 g/mol. The minimum Gasteiger partial charge on any atom is -0.489 e. The van der Waals surface area contributed by atoms with Gasteiger partial charge in [-0.1, -0.05) is 107 Å². The van der Waals surface area contributed by atoms with Crippen LogP contribution in [0.15, 0.2) is 47.5 Å². The Balaban J connectivity index is 1.50. The minimum absolute atomic E-state index is 0.462. The van der Waals surface area contributed by atoms with Crippen LogP contribution in [0.25, 0.3) is 0 Å². The molecule has 0 spiro atoms. The van der Waals surface area contributed by atoms with Gasteiger partial charge in [0.2, 0.25) is 0 Å². The third-order valence-corrected chi connectivity index (χ3v) is 6.39. The second kappa shape index (κ2) is 17.0. The van der Waals surface area contributed by atoms with Gasteiger partial charge in [-0.15, -0.1) is 0 Å². The molecule has 0 heterocycles. The van der Waals surface area contributed by atoms with Gasteiger partial charge in [-0.2, -0.15) is 0 Å². The summed E-state index contributed by atoms with van der Waals surface area (Å²) in [6.45, 7) is 3.65. The first-order valence-electron chi connectivity index (χ1n) is 12.4. The Morgan fingerprint density at radius 3 is 1.91 bits per heavy atom. The van der Waals surface area contributed by atoms with Crippen molar-refractivity contribution in [2.45, 2.75) is 90.6 Å². The lowest BCUT2D eigenvalue weighted by Gasteiger charge is -2.07. The van der Waals surface area contributed by atoms with E-state index in [0.29, 0.717) is 16.7 Å². The predicted octanol–water partition coefficient (Wildman–Crippen LogP) is 9.69. The van der Waals surface area contributed by atoms with Crippen LogP contribution >= 0.6 is 23.2 Å². The second-order valence-electron chi connectivity index (χ2n) is 8.53. The number of benzene rings is 2. The van der Waals surface area contributed by atoms with Crippen LogP contribution in [0.3, 0.4) is 0 Å². The molecular weight excluding hydrogens is 437 g/mol. The summed E-state index contributed by atoms with van der Waals surface area (Å²) >= 11 is 12.0. The Kier molecular flexibility index (Phi) is 14.2. The van der Waals surface area contributed by atoms with Crippen molar-refractivity contribution in [2.24, 2.45) is 4.99 Å². The standard InChI is InChI=1S/C28H39Cl2NO/c1-2-3-4-5-6-7-8-9-10-11-12-13-20-31-22-24-14-17-26(18-15-24)32-23-25-16-19-27(29)28(30)21-25/h14-19,21-22H,2-13,20,23H2,1H3/b31-22+. The molecule has 0 aliphatic heterocycles. The number of aliphatic imine (C=N–C) groups is 1. The van der Waals surface area contributed by atoms with E-state index in [4.69, 9.17) is 27.9 Å². The van der Waals surface area contributed by atoms with Gasteiger partial charge in [-0.05, 0) is 53.9 Å². The molecule has 32 heavy (non-hydrogen) atoms. The number of hydrogen-bond acceptors (Lipinski definition) is 2. The van der Waals surface area contributed by atoms with Crippen LogP contribution in [0.4, 0.5) is 0 Å². The first-order valence-corrected chi connectivity index (χ1v) is 13.1. The predicted molar refractivity (Wildman–Crippen MR) is 141 cm³/mol. The normalized spacial score (nSPS) is 11.3. The summed E-state index contributed by atoms with van der Waals surface area (Å²) in [5.41, 5.74) is 2.10. The number of rotatable bonds is 17. The number of halogens is 2. The molecule has 0 atom stereocenters. The molecule has 176 valence electrons. The molecule has 0 saturated carbocycles. The summed E-state index contributed by atoms with van der Waals surface area (Å²) < 4.78 is 5.82. The van der Waals surface area contributed by atoms with Gasteiger partial charge in [0.05, 0.1) is 10.0 Å². The lowest BCUT2D eigenvalue weighted by molar-refractivity contribution is 0.306. The summed E-state index contributed by atoms with van der Waals surface area (Å²) in [5, 5.41) is 1.11. The Hall–Kier alpha value is -1.51. The molecule has 2 rings (SSSR count). The first-order chi connectivity index (χ1) is 15.7. The van der Waals surface area contributed by atoms with Crippen LogP contribution in [0.5, 0.6) is 5.75 Å². The molecule has 0 aromatic heterocycles. The molecule has 2 aromatic carbocycles. The smallest absolute Gasteiger partial charge is 0.119 e. The first kappa shape index (κ1) is 26.7. The van der Waals surface area contributed by atoms with E-state index in [-0.39, 0.29) is 0 Å².